The fourth-order valence-corrected chi connectivity index (χ4v) is 1.64. The largest absolute Gasteiger partial charge is 0.480 e. The summed E-state index contributed by atoms with van der Waals surface area (Å²) < 4.78 is 4.45. The first kappa shape index (κ1) is 20.7. The van der Waals surface area contributed by atoms with Gasteiger partial charge in [-0.1, -0.05) is 23.7 Å². The Balaban J connectivity index is 0.000000468. The molecule has 7 nitrogen and oxygen atoms in total. The number of rotatable bonds is 6. The molecule has 0 saturated heterocycles. The zero-order valence-corrected chi connectivity index (χ0v) is 13.8. The molecule has 126 valence electrons. The summed E-state index contributed by atoms with van der Waals surface area (Å²) in [6, 6.07) is 6.62. The van der Waals surface area contributed by atoms with Gasteiger partial charge in [0.2, 0.25) is 0 Å². The number of carbonyl (C=O) groups excluding carboxylic acids is 1. The lowest BCUT2D eigenvalue weighted by Crippen LogP contribution is -2.25. The van der Waals surface area contributed by atoms with Gasteiger partial charge in [0.15, 0.2) is 0 Å². The van der Waals surface area contributed by atoms with E-state index in [0.29, 0.717) is 10.7 Å². The number of nitrogens with two attached hydrogens (primary N) is 1. The fourth-order valence-electron chi connectivity index (χ4n) is 1.36. The molecule has 8 heteroatoms. The highest BCUT2D eigenvalue weighted by atomic mass is 35.5. The van der Waals surface area contributed by atoms with Crippen molar-refractivity contribution in [3.05, 3.63) is 28.8 Å². The number of nitrogens with zero attached hydrogens (tertiary/aromatic N) is 1. The number of hydrogen-bond acceptors (Lipinski definition) is 6. The van der Waals surface area contributed by atoms with E-state index >= 15 is 0 Å². The number of aliphatic carboxylic acids is 1. The second-order valence-corrected chi connectivity index (χ2v) is 4.88. The molecule has 0 saturated carbocycles. The number of nitriles is 1. The Labute approximate surface area is 140 Å². The van der Waals surface area contributed by atoms with Crippen LogP contribution in [0.4, 0.5) is 5.69 Å². The topological polar surface area (TPSA) is 125 Å². The van der Waals surface area contributed by atoms with Crippen molar-refractivity contribution >= 4 is 29.2 Å². The Morgan fingerprint density at radius 3 is 2.65 bits per heavy atom. The third-order valence-corrected chi connectivity index (χ3v) is 2.91. The summed E-state index contributed by atoms with van der Waals surface area (Å²) in [5.74, 6) is -1.37. The van der Waals surface area contributed by atoms with Crippen LogP contribution in [0, 0.1) is 18.3 Å². The van der Waals surface area contributed by atoms with Crippen molar-refractivity contribution in [3.63, 3.8) is 0 Å². The Morgan fingerprint density at radius 1 is 1.52 bits per heavy atom. The number of ether oxygens (including phenoxy) is 1. The van der Waals surface area contributed by atoms with Crippen LogP contribution in [-0.4, -0.2) is 36.2 Å². The molecule has 0 radical (unpaired) electrons. The molecule has 0 amide bonds. The van der Waals surface area contributed by atoms with Gasteiger partial charge in [0.25, 0.3) is 0 Å². The summed E-state index contributed by atoms with van der Waals surface area (Å²) in [4.78, 5) is 20.9. The first-order valence-electron chi connectivity index (χ1n) is 6.80. The molecule has 0 fully saturated rings. The average molecular weight is 342 g/mol. The van der Waals surface area contributed by atoms with Gasteiger partial charge in [-0.2, -0.15) is 5.26 Å². The van der Waals surface area contributed by atoms with Crippen molar-refractivity contribution in [3.8, 4) is 6.07 Å². The van der Waals surface area contributed by atoms with Crippen molar-refractivity contribution < 1.29 is 19.4 Å². The van der Waals surface area contributed by atoms with Gasteiger partial charge in [0.05, 0.1) is 29.7 Å². The van der Waals surface area contributed by atoms with E-state index in [1.165, 1.54) is 0 Å². The van der Waals surface area contributed by atoms with Crippen LogP contribution >= 0.6 is 11.6 Å². The molecule has 1 aromatic carbocycles. The van der Waals surface area contributed by atoms with Gasteiger partial charge in [-0.3, -0.25) is 9.59 Å². The zero-order chi connectivity index (χ0) is 17.8. The second-order valence-electron chi connectivity index (χ2n) is 4.47. The number of carboxylic acids is 1. The van der Waals surface area contributed by atoms with Crippen molar-refractivity contribution in [2.75, 3.05) is 18.5 Å². The number of esters is 1. The van der Waals surface area contributed by atoms with E-state index < -0.39 is 18.0 Å². The number of benzene rings is 1. The lowest BCUT2D eigenvalue weighted by molar-refractivity contribution is -0.141. The Kier molecular flexibility index (Phi) is 10.2. The molecular weight excluding hydrogens is 322 g/mol. The number of halogens is 1. The minimum atomic E-state index is -0.899. The van der Waals surface area contributed by atoms with Gasteiger partial charge < -0.3 is 20.9 Å². The highest BCUT2D eigenvalue weighted by Crippen LogP contribution is 2.25. The lowest BCUT2D eigenvalue weighted by atomic mass is 10.2. The van der Waals surface area contributed by atoms with E-state index in [2.05, 4.69) is 10.1 Å². The quantitative estimate of drug-likeness (QED) is 0.533. The lowest BCUT2D eigenvalue weighted by Gasteiger charge is -2.14. The molecule has 23 heavy (non-hydrogen) atoms. The monoisotopic (exact) mass is 341 g/mol. The van der Waals surface area contributed by atoms with Crippen LogP contribution in [0.3, 0.4) is 0 Å². The van der Waals surface area contributed by atoms with Gasteiger partial charge in [-0.25, -0.2) is 0 Å². The summed E-state index contributed by atoms with van der Waals surface area (Å²) in [6.45, 7) is 3.48. The SMILES string of the molecule is Cc1cccc(Cl)c1N[C@@H](C)C(=O)O.N#CCCOC(=O)CN. The van der Waals surface area contributed by atoms with Gasteiger partial charge in [-0.05, 0) is 25.5 Å². The van der Waals surface area contributed by atoms with Crippen LogP contribution in [0.25, 0.3) is 0 Å². The fraction of sp³-hybridized carbons (Fsp3) is 0.400. The third-order valence-electron chi connectivity index (χ3n) is 2.60. The molecule has 0 heterocycles. The smallest absolute Gasteiger partial charge is 0.325 e. The van der Waals surface area contributed by atoms with E-state index in [4.69, 9.17) is 27.7 Å². The second kappa shape index (κ2) is 11.3. The Morgan fingerprint density at radius 2 is 2.17 bits per heavy atom. The molecule has 0 aliphatic rings. The third kappa shape index (κ3) is 8.66. The van der Waals surface area contributed by atoms with E-state index in [1.54, 1.807) is 13.0 Å². The summed E-state index contributed by atoms with van der Waals surface area (Å²) >= 11 is 5.92. The molecule has 0 aliphatic heterocycles. The molecule has 4 N–H and O–H groups in total. The van der Waals surface area contributed by atoms with Gasteiger partial charge >= 0.3 is 11.9 Å². The summed E-state index contributed by atoms with van der Waals surface area (Å²) in [6.07, 6.45) is 0.228. The molecule has 0 spiro atoms. The van der Waals surface area contributed by atoms with Gasteiger partial charge in [0, 0.05) is 0 Å². The van der Waals surface area contributed by atoms with Crippen molar-refractivity contribution in [2.24, 2.45) is 5.73 Å². The molecule has 0 aromatic heterocycles. The number of aryl methyl sites for hydroxylation is 1. The van der Waals surface area contributed by atoms with Crippen LogP contribution < -0.4 is 11.1 Å². The van der Waals surface area contributed by atoms with E-state index in [-0.39, 0.29) is 19.6 Å². The number of nitrogens with one attached hydrogen (secondary N) is 1. The van der Waals surface area contributed by atoms with Crippen molar-refractivity contribution in [1.29, 1.82) is 5.26 Å². The first-order chi connectivity index (χ1) is 10.8. The molecule has 1 aromatic rings. The summed E-state index contributed by atoms with van der Waals surface area (Å²) in [5, 5.41) is 20.1. The molecular formula is C15H20ClN3O4. The molecule has 0 aliphatic carbocycles. The Hall–Kier alpha value is -2.30. The maximum Gasteiger partial charge on any atom is 0.325 e. The minimum absolute atomic E-state index is 0.120. The zero-order valence-electron chi connectivity index (χ0n) is 13.0. The van der Waals surface area contributed by atoms with Crippen molar-refractivity contribution in [2.45, 2.75) is 26.3 Å². The first-order valence-corrected chi connectivity index (χ1v) is 7.18. The van der Waals surface area contributed by atoms with Crippen LogP contribution in [-0.2, 0) is 14.3 Å². The van der Waals surface area contributed by atoms with E-state index in [0.717, 1.165) is 5.56 Å². The molecule has 0 unspecified atom stereocenters. The normalized spacial score (nSPS) is 10.6. The summed E-state index contributed by atoms with van der Waals surface area (Å²) in [7, 11) is 0. The van der Waals surface area contributed by atoms with Crippen LogP contribution in [0.2, 0.25) is 5.02 Å². The highest BCUT2D eigenvalue weighted by Gasteiger charge is 2.12. The van der Waals surface area contributed by atoms with Gasteiger partial charge in [-0.15, -0.1) is 0 Å². The van der Waals surface area contributed by atoms with E-state index in [9.17, 15) is 9.59 Å². The standard InChI is InChI=1S/C10H12ClNO2.C5H8N2O2/c1-6-4-3-5-8(11)9(6)12-7(2)10(13)14;6-2-1-3-9-5(8)4-7/h3-5,7,12H,1-2H3,(H,13,14);1,3-4,7H2/t7-;/m0./s1. The average Bonchev–Trinajstić information content (AvgIpc) is 2.51. The number of hydrogen-bond donors (Lipinski definition) is 3. The van der Waals surface area contributed by atoms with Gasteiger partial charge in [0.1, 0.15) is 12.6 Å². The Bertz CT molecular complexity index is 552. The minimum Gasteiger partial charge on any atom is -0.480 e. The summed E-state index contributed by atoms with van der Waals surface area (Å²) in [5.41, 5.74) is 6.52. The predicted octanol–water partition coefficient (Wildman–Crippen LogP) is 1.94. The number of carboxylic acid groups (broad SMARTS) is 1. The molecule has 0 bridgehead atoms. The maximum absolute atomic E-state index is 10.6. The number of para-hydroxylation sites is 1. The number of carbonyl (C=O) groups is 2. The van der Waals surface area contributed by atoms with E-state index in [1.807, 2.05) is 25.1 Å². The van der Waals surface area contributed by atoms with Crippen LogP contribution in [0.5, 0.6) is 0 Å². The molecule has 1 rings (SSSR count). The van der Waals surface area contributed by atoms with Crippen LogP contribution in [0.1, 0.15) is 18.9 Å². The highest BCUT2D eigenvalue weighted by molar-refractivity contribution is 6.33. The van der Waals surface area contributed by atoms with Crippen molar-refractivity contribution in [1.82, 2.24) is 0 Å². The maximum atomic E-state index is 10.6. The number of anilines is 1. The van der Waals surface area contributed by atoms with Crippen LogP contribution in [0.15, 0.2) is 18.2 Å². The molecule has 1 atom stereocenters. The predicted molar refractivity (Wildman–Crippen MR) is 87.2 cm³/mol.